The van der Waals surface area contributed by atoms with Crippen molar-refractivity contribution >= 4 is 22.8 Å². The van der Waals surface area contributed by atoms with Crippen molar-refractivity contribution in [2.75, 3.05) is 0 Å². The molecule has 4 aromatic rings. The predicted molar refractivity (Wildman–Crippen MR) is 314 cm³/mol. The third-order valence-corrected chi connectivity index (χ3v) is 13.2. The number of aryl methyl sites for hydroxylation is 4. The second kappa shape index (κ2) is 42.6. The molecule has 2 heterocycles. The summed E-state index contributed by atoms with van der Waals surface area (Å²) in [5.74, 6) is 0. The molecular weight excluding hydrogens is 1070 g/mol. The van der Waals surface area contributed by atoms with Gasteiger partial charge in [0, 0.05) is 45.6 Å². The maximum Gasteiger partial charge on any atom is 2.00 e. The smallest absolute Gasteiger partial charge is 0.493 e. The Balaban J connectivity index is 0. The van der Waals surface area contributed by atoms with Crippen molar-refractivity contribution < 1.29 is 50.2 Å². The molecule has 0 radical (unpaired) electrons. The molecule has 0 aliphatic carbocycles. The van der Waals surface area contributed by atoms with Gasteiger partial charge in [-0.25, -0.2) is 9.39 Å². The minimum atomic E-state index is 0. The van der Waals surface area contributed by atoms with E-state index in [1.165, 1.54) is 147 Å². The first-order valence-electron chi connectivity index (χ1n) is 27.5. The molecule has 4 nitrogen and oxygen atoms in total. The van der Waals surface area contributed by atoms with E-state index < -0.39 is 0 Å². The largest absolute Gasteiger partial charge is 2.00 e. The van der Waals surface area contributed by atoms with Crippen LogP contribution >= 0.6 is 0 Å². The monoisotopic (exact) mass is 1170 g/mol. The number of hydrogen-bond donors (Lipinski definition) is 0. The number of unbranched alkanes of at least 4 members (excludes halogenated alkanes) is 11. The number of nitrogens with zero attached hydrogens (tertiary/aromatic N) is 4. The summed E-state index contributed by atoms with van der Waals surface area (Å²) >= 11 is 0. The van der Waals surface area contributed by atoms with E-state index in [0.29, 0.717) is 0 Å². The molecule has 0 fully saturated rings. The van der Waals surface area contributed by atoms with Crippen molar-refractivity contribution in [3.63, 3.8) is 0 Å². The standard InChI is InChI=1S/C35H50N2.C26H32N2.2C2H5.2CH3.2Pd/c1-5-9-13-18-28-23-25-30(26-24-28)34-32(21-14-10-6-2)33(22-15-11-7-3)35(37(34)36)31-20-16-19-29(27-31)17-12-8-4;1-3-5-7-10-21-14-16-23(17-15-21)25-18-19-26(28(25)27)24-13-9-12-22(20-24)11-8-6-4-2;2*1-2;;;;/h16,19-20,23-27H,5-15,17-18,21-22H2,1-4H3;9,12-20H,3-8,10-11H2,1-2H3;2*1H2,2H3;2*1H3;;/q;;4*-1;2*+2. The summed E-state index contributed by atoms with van der Waals surface area (Å²) in [5.41, 5.74) is 39.0. The number of rotatable bonds is 27. The summed E-state index contributed by atoms with van der Waals surface area (Å²) in [6.07, 6.45) is 31.4. The van der Waals surface area contributed by atoms with Gasteiger partial charge < -0.3 is 39.8 Å². The summed E-state index contributed by atoms with van der Waals surface area (Å²) in [5, 5.41) is 0. The molecule has 6 heteroatoms. The van der Waals surface area contributed by atoms with Crippen LogP contribution in [0.4, 0.5) is 0 Å². The van der Waals surface area contributed by atoms with Crippen LogP contribution in [0.15, 0.2) is 120 Å². The van der Waals surface area contributed by atoms with Gasteiger partial charge in [0.2, 0.25) is 22.8 Å². The summed E-state index contributed by atoms with van der Waals surface area (Å²) < 4.78 is 2.88. The van der Waals surface area contributed by atoms with Gasteiger partial charge in [-0.15, -0.1) is 0 Å². The maximum atomic E-state index is 11.8. The zero-order chi connectivity index (χ0) is 50.2. The fourth-order valence-electron chi connectivity index (χ4n) is 9.30. The SMILES string of the molecule is CCCCCC1=C(c2ccc(CCCCC)cc2)[N+](=[N-])C(c2cccc(CCCC)c2)=C1CCCCC.CCCCCc1ccc(C2=CC=C(c3cccc(CCCCC)c3)[N+]2=[N-])cc1.[CH2-]C.[CH2-]C.[CH3-].[CH3-].[Pd+2].[Pd+2]. The van der Waals surface area contributed by atoms with E-state index in [9.17, 15) is 11.1 Å². The Hall–Kier alpha value is -3.64. The van der Waals surface area contributed by atoms with E-state index >= 15 is 0 Å². The molecule has 0 N–H and O–H groups in total. The van der Waals surface area contributed by atoms with Crippen molar-refractivity contribution in [2.45, 2.75) is 203 Å². The predicted octanol–water partition coefficient (Wildman–Crippen LogP) is 21.3. The van der Waals surface area contributed by atoms with Gasteiger partial charge in [0.25, 0.3) is 0 Å². The molecule has 0 unspecified atom stereocenters. The Morgan fingerprint density at radius 1 is 0.342 bits per heavy atom. The Kier molecular flexibility index (Phi) is 41.7. The molecule has 0 aromatic heterocycles. The third kappa shape index (κ3) is 23.0. The van der Waals surface area contributed by atoms with E-state index in [2.05, 4.69) is 152 Å². The molecule has 0 bridgehead atoms. The average molecular weight is 1170 g/mol. The number of allylic oxidation sites excluding steroid dienone is 4. The molecule has 4 aromatic carbocycles. The molecular formula is C67H98N4Pd2. The Labute approximate surface area is 477 Å². The van der Waals surface area contributed by atoms with Crippen LogP contribution in [-0.4, -0.2) is 9.39 Å². The van der Waals surface area contributed by atoms with Crippen LogP contribution in [0.1, 0.15) is 222 Å². The van der Waals surface area contributed by atoms with E-state index in [1.807, 2.05) is 12.2 Å². The quantitative estimate of drug-likeness (QED) is 0.0247. The first-order chi connectivity index (χ1) is 33.9. The molecule has 0 spiro atoms. The fraction of sp³-hybridized carbons (Fsp3) is 0.463. The van der Waals surface area contributed by atoms with Gasteiger partial charge >= 0.3 is 40.8 Å². The summed E-state index contributed by atoms with van der Waals surface area (Å²) in [6.45, 7) is 23.5. The second-order valence-electron chi connectivity index (χ2n) is 18.6. The first kappa shape index (κ1) is 71.4. The second-order valence-corrected chi connectivity index (χ2v) is 18.6. The Morgan fingerprint density at radius 2 is 0.671 bits per heavy atom. The van der Waals surface area contributed by atoms with Crippen molar-refractivity contribution in [1.29, 1.82) is 0 Å². The van der Waals surface area contributed by atoms with Crippen molar-refractivity contribution in [1.82, 2.24) is 0 Å². The normalized spacial score (nSPS) is 12.4. The van der Waals surface area contributed by atoms with Crippen LogP contribution in [0, 0.1) is 28.7 Å². The third-order valence-electron chi connectivity index (χ3n) is 13.2. The molecule has 0 saturated carbocycles. The van der Waals surface area contributed by atoms with Crippen LogP contribution in [0.2, 0.25) is 0 Å². The average Bonchev–Trinajstić information content (AvgIpc) is 3.91. The minimum absolute atomic E-state index is 0. The van der Waals surface area contributed by atoms with Gasteiger partial charge in [0.05, 0.1) is 0 Å². The van der Waals surface area contributed by atoms with Crippen LogP contribution < -0.4 is 0 Å². The first-order valence-corrected chi connectivity index (χ1v) is 27.5. The minimum Gasteiger partial charge on any atom is -0.493 e. The summed E-state index contributed by atoms with van der Waals surface area (Å²) in [7, 11) is 0. The van der Waals surface area contributed by atoms with Gasteiger partial charge in [-0.2, -0.15) is 13.8 Å². The van der Waals surface area contributed by atoms with E-state index in [1.54, 1.807) is 18.5 Å². The maximum absolute atomic E-state index is 11.8. The molecule has 0 amide bonds. The zero-order valence-electron chi connectivity index (χ0n) is 47.5. The fourth-order valence-corrected chi connectivity index (χ4v) is 9.30. The van der Waals surface area contributed by atoms with Gasteiger partial charge in [-0.3, -0.25) is 0 Å². The van der Waals surface area contributed by atoms with Crippen molar-refractivity contribution in [3.05, 3.63) is 205 Å². The van der Waals surface area contributed by atoms with E-state index in [-0.39, 0.29) is 55.7 Å². The van der Waals surface area contributed by atoms with Gasteiger partial charge in [-0.05, 0) is 148 Å². The topological polar surface area (TPSA) is 50.6 Å². The summed E-state index contributed by atoms with van der Waals surface area (Å²) in [6, 6.07) is 35.1. The van der Waals surface area contributed by atoms with Crippen LogP contribution in [0.25, 0.3) is 33.9 Å². The van der Waals surface area contributed by atoms with Crippen molar-refractivity contribution in [2.24, 2.45) is 0 Å². The Morgan fingerprint density at radius 3 is 1.10 bits per heavy atom. The van der Waals surface area contributed by atoms with E-state index in [0.717, 1.165) is 83.6 Å². The Bertz CT molecular complexity index is 2240. The molecule has 2 aliphatic rings. The van der Waals surface area contributed by atoms with Gasteiger partial charge in [-0.1, -0.05) is 161 Å². The molecule has 2 aliphatic heterocycles. The number of hydrogen-bond acceptors (Lipinski definition) is 0. The van der Waals surface area contributed by atoms with Crippen molar-refractivity contribution in [3.8, 4) is 0 Å². The molecule has 0 atom stereocenters. The molecule has 406 valence electrons. The zero-order valence-corrected chi connectivity index (χ0v) is 50.6. The van der Waals surface area contributed by atoms with Gasteiger partial charge in [0.15, 0.2) is 0 Å². The van der Waals surface area contributed by atoms with Crippen LogP contribution in [0.5, 0.6) is 0 Å². The molecule has 73 heavy (non-hydrogen) atoms. The van der Waals surface area contributed by atoms with Crippen LogP contribution in [-0.2, 0) is 66.5 Å². The van der Waals surface area contributed by atoms with Gasteiger partial charge in [0.1, 0.15) is 0 Å². The number of benzene rings is 4. The molecule has 0 saturated heterocycles. The van der Waals surface area contributed by atoms with Crippen LogP contribution in [0.3, 0.4) is 0 Å². The van der Waals surface area contributed by atoms with E-state index in [4.69, 9.17) is 0 Å². The summed E-state index contributed by atoms with van der Waals surface area (Å²) in [4.78, 5) is 0. The molecule has 6 rings (SSSR count).